The van der Waals surface area contributed by atoms with Gasteiger partial charge in [-0.05, 0) is 53.7 Å². The van der Waals surface area contributed by atoms with Crippen LogP contribution in [0.5, 0.6) is 0 Å². The van der Waals surface area contributed by atoms with Crippen molar-refractivity contribution in [1.82, 2.24) is 10.3 Å². The zero-order valence-electron chi connectivity index (χ0n) is 10.4. The highest BCUT2D eigenvalue weighted by molar-refractivity contribution is 9.10. The molecular formula is C13H16BrN3O2. The van der Waals surface area contributed by atoms with E-state index in [4.69, 9.17) is 5.73 Å². The molecular weight excluding hydrogens is 310 g/mol. The van der Waals surface area contributed by atoms with Gasteiger partial charge in [-0.2, -0.15) is 0 Å². The lowest BCUT2D eigenvalue weighted by Gasteiger charge is -2.27. The lowest BCUT2D eigenvalue weighted by molar-refractivity contribution is -0.122. The molecule has 1 aromatic heterocycles. The maximum atomic E-state index is 12.1. The number of hydrogen-bond donors (Lipinski definition) is 2. The minimum atomic E-state index is -0.239. The smallest absolute Gasteiger partial charge is 0.271 e. The standard InChI is InChI=1S/C13H16BrN3O2/c14-10-2-1-7-16-11(10)13(19)17-9-5-3-8(4-6-9)12(15)18/h1-2,7-9H,3-6H2,(H2,15,18)(H,17,19). The molecule has 0 radical (unpaired) electrons. The van der Waals surface area contributed by atoms with Crippen LogP contribution in [0.4, 0.5) is 0 Å². The molecule has 1 aromatic rings. The Morgan fingerprint density at radius 2 is 2.00 bits per heavy atom. The van der Waals surface area contributed by atoms with Gasteiger partial charge in [0.05, 0.1) is 0 Å². The van der Waals surface area contributed by atoms with Crippen LogP contribution < -0.4 is 11.1 Å². The summed E-state index contributed by atoms with van der Waals surface area (Å²) >= 11 is 3.31. The Hall–Kier alpha value is -1.43. The first-order valence-electron chi connectivity index (χ1n) is 6.28. The third-order valence-corrected chi connectivity index (χ3v) is 4.08. The van der Waals surface area contributed by atoms with Gasteiger partial charge in [0.15, 0.2) is 0 Å². The second-order valence-electron chi connectivity index (χ2n) is 4.76. The zero-order valence-corrected chi connectivity index (χ0v) is 12.0. The van der Waals surface area contributed by atoms with Crippen LogP contribution in [0, 0.1) is 5.92 Å². The summed E-state index contributed by atoms with van der Waals surface area (Å²) in [7, 11) is 0. The summed E-state index contributed by atoms with van der Waals surface area (Å²) in [5.74, 6) is -0.470. The van der Waals surface area contributed by atoms with Crippen LogP contribution in [-0.4, -0.2) is 22.8 Å². The Morgan fingerprint density at radius 3 is 2.58 bits per heavy atom. The molecule has 0 aromatic carbocycles. The third kappa shape index (κ3) is 3.53. The molecule has 1 aliphatic carbocycles. The summed E-state index contributed by atoms with van der Waals surface area (Å²) in [4.78, 5) is 27.2. The van der Waals surface area contributed by atoms with Gasteiger partial charge < -0.3 is 11.1 Å². The van der Waals surface area contributed by atoms with E-state index in [0.29, 0.717) is 10.2 Å². The van der Waals surface area contributed by atoms with Crippen LogP contribution in [0.1, 0.15) is 36.2 Å². The lowest BCUT2D eigenvalue weighted by Crippen LogP contribution is -2.40. The van der Waals surface area contributed by atoms with Gasteiger partial charge >= 0.3 is 0 Å². The van der Waals surface area contributed by atoms with Gasteiger partial charge in [0.1, 0.15) is 5.69 Å². The summed E-state index contributed by atoms with van der Waals surface area (Å²) < 4.78 is 0.679. The zero-order chi connectivity index (χ0) is 13.8. The highest BCUT2D eigenvalue weighted by Crippen LogP contribution is 2.24. The second kappa shape index (κ2) is 6.14. The van der Waals surface area contributed by atoms with Crippen molar-refractivity contribution >= 4 is 27.7 Å². The van der Waals surface area contributed by atoms with Gasteiger partial charge in [0, 0.05) is 22.6 Å². The molecule has 0 atom stereocenters. The monoisotopic (exact) mass is 325 g/mol. The molecule has 102 valence electrons. The highest BCUT2D eigenvalue weighted by Gasteiger charge is 2.26. The number of rotatable bonds is 3. The fourth-order valence-electron chi connectivity index (χ4n) is 2.33. The van der Waals surface area contributed by atoms with Crippen LogP contribution in [0.25, 0.3) is 0 Å². The minimum Gasteiger partial charge on any atom is -0.369 e. The number of amides is 2. The molecule has 2 rings (SSSR count). The fourth-order valence-corrected chi connectivity index (χ4v) is 2.76. The molecule has 19 heavy (non-hydrogen) atoms. The van der Waals surface area contributed by atoms with Crippen molar-refractivity contribution in [2.24, 2.45) is 11.7 Å². The predicted molar refractivity (Wildman–Crippen MR) is 74.3 cm³/mol. The van der Waals surface area contributed by atoms with E-state index in [1.54, 1.807) is 18.3 Å². The van der Waals surface area contributed by atoms with E-state index in [1.165, 1.54) is 0 Å². The van der Waals surface area contributed by atoms with E-state index >= 15 is 0 Å². The van der Waals surface area contributed by atoms with Crippen LogP contribution >= 0.6 is 15.9 Å². The van der Waals surface area contributed by atoms with Crippen LogP contribution in [0.2, 0.25) is 0 Å². The molecule has 1 aliphatic rings. The molecule has 0 spiro atoms. The minimum absolute atomic E-state index is 0.0465. The van der Waals surface area contributed by atoms with Gasteiger partial charge in [-0.3, -0.25) is 9.59 Å². The first-order chi connectivity index (χ1) is 9.08. The number of pyridine rings is 1. The number of carbonyl (C=O) groups excluding carboxylic acids is 2. The number of nitrogens with one attached hydrogen (secondary N) is 1. The average molecular weight is 326 g/mol. The molecule has 6 heteroatoms. The number of halogens is 1. The van der Waals surface area contributed by atoms with E-state index in [2.05, 4.69) is 26.2 Å². The van der Waals surface area contributed by atoms with E-state index in [1.807, 2.05) is 0 Å². The van der Waals surface area contributed by atoms with Crippen molar-refractivity contribution in [3.05, 3.63) is 28.5 Å². The average Bonchev–Trinajstić information content (AvgIpc) is 2.39. The maximum absolute atomic E-state index is 12.1. The summed E-state index contributed by atoms with van der Waals surface area (Å²) in [5.41, 5.74) is 5.67. The Bertz CT molecular complexity index is 485. The molecule has 1 saturated carbocycles. The number of primary amides is 1. The predicted octanol–water partition coefficient (Wildman–Crippen LogP) is 1.62. The van der Waals surface area contributed by atoms with Crippen molar-refractivity contribution in [2.45, 2.75) is 31.7 Å². The first-order valence-corrected chi connectivity index (χ1v) is 7.08. The number of carbonyl (C=O) groups is 2. The van der Waals surface area contributed by atoms with Gasteiger partial charge in [0.2, 0.25) is 5.91 Å². The van der Waals surface area contributed by atoms with Gasteiger partial charge in [0.25, 0.3) is 5.91 Å². The summed E-state index contributed by atoms with van der Waals surface area (Å²) in [5, 5.41) is 2.95. The van der Waals surface area contributed by atoms with Gasteiger partial charge in [-0.15, -0.1) is 0 Å². The van der Waals surface area contributed by atoms with Crippen molar-refractivity contribution in [3.63, 3.8) is 0 Å². The number of aromatic nitrogens is 1. The summed E-state index contributed by atoms with van der Waals surface area (Å²) in [6, 6.07) is 3.64. The molecule has 3 N–H and O–H groups in total. The van der Waals surface area contributed by atoms with Crippen LogP contribution in [0.15, 0.2) is 22.8 Å². The molecule has 0 bridgehead atoms. The highest BCUT2D eigenvalue weighted by atomic mass is 79.9. The third-order valence-electron chi connectivity index (χ3n) is 3.44. The molecule has 5 nitrogen and oxygen atoms in total. The quantitative estimate of drug-likeness (QED) is 0.885. The van der Waals surface area contributed by atoms with Gasteiger partial charge in [-0.25, -0.2) is 4.98 Å². The summed E-state index contributed by atoms with van der Waals surface area (Å²) in [6.45, 7) is 0. The molecule has 1 heterocycles. The molecule has 2 amide bonds. The first kappa shape index (κ1) is 14.0. The van der Waals surface area contributed by atoms with Crippen molar-refractivity contribution < 1.29 is 9.59 Å². The van der Waals surface area contributed by atoms with Gasteiger partial charge in [-0.1, -0.05) is 0 Å². The van der Waals surface area contributed by atoms with Crippen LogP contribution in [0.3, 0.4) is 0 Å². The van der Waals surface area contributed by atoms with E-state index < -0.39 is 0 Å². The van der Waals surface area contributed by atoms with Crippen molar-refractivity contribution in [2.75, 3.05) is 0 Å². The Balaban J connectivity index is 1.91. The van der Waals surface area contributed by atoms with Crippen molar-refractivity contribution in [1.29, 1.82) is 0 Å². The Labute approximate surface area is 120 Å². The SMILES string of the molecule is NC(=O)C1CCC(NC(=O)c2ncccc2Br)CC1. The number of hydrogen-bond acceptors (Lipinski definition) is 3. The normalized spacial score (nSPS) is 22.8. The van der Waals surface area contributed by atoms with Crippen molar-refractivity contribution in [3.8, 4) is 0 Å². The molecule has 0 saturated heterocycles. The number of nitrogens with zero attached hydrogens (tertiary/aromatic N) is 1. The molecule has 0 unspecified atom stereocenters. The van der Waals surface area contributed by atoms with E-state index in [9.17, 15) is 9.59 Å². The Morgan fingerprint density at radius 1 is 1.32 bits per heavy atom. The van der Waals surface area contributed by atoms with E-state index in [-0.39, 0.29) is 23.8 Å². The topological polar surface area (TPSA) is 85.1 Å². The molecule has 0 aliphatic heterocycles. The van der Waals surface area contributed by atoms with E-state index in [0.717, 1.165) is 25.7 Å². The lowest BCUT2D eigenvalue weighted by atomic mass is 9.85. The molecule has 1 fully saturated rings. The largest absolute Gasteiger partial charge is 0.369 e. The summed E-state index contributed by atoms with van der Waals surface area (Å²) in [6.07, 6.45) is 4.63. The Kier molecular flexibility index (Phi) is 4.52. The maximum Gasteiger partial charge on any atom is 0.271 e. The van der Waals surface area contributed by atoms with Crippen LogP contribution in [-0.2, 0) is 4.79 Å². The second-order valence-corrected chi connectivity index (χ2v) is 5.61. The fraction of sp³-hybridized carbons (Fsp3) is 0.462. The number of nitrogens with two attached hydrogens (primary N) is 1.